The Labute approximate surface area is 201 Å². The molecule has 0 aliphatic heterocycles. The number of halogens is 2. The average Bonchev–Trinajstić information content (AvgIpc) is 2.79. The lowest BCUT2D eigenvalue weighted by atomic mass is 10.2. The maximum atomic E-state index is 12.9. The number of benzene rings is 3. The summed E-state index contributed by atoms with van der Waals surface area (Å²) in [6.07, 6.45) is 1.47. The van der Waals surface area contributed by atoms with Crippen LogP contribution in [0.4, 0.5) is 5.69 Å². The lowest BCUT2D eigenvalue weighted by Crippen LogP contribution is -2.20. The Bertz CT molecular complexity index is 1470. The number of nitrogens with zero attached hydrogens (tertiary/aromatic N) is 4. The van der Waals surface area contributed by atoms with Crippen LogP contribution in [0.2, 0.25) is 5.02 Å². The Balaban J connectivity index is 1.65. The fourth-order valence-electron chi connectivity index (χ4n) is 3.19. The topological polar surface area (TPSA) is 99.6 Å². The van der Waals surface area contributed by atoms with Gasteiger partial charge in [0.1, 0.15) is 18.2 Å². The molecular formula is C23H16BrClN4O4. The Hall–Kier alpha value is -3.56. The quantitative estimate of drug-likeness (QED) is 0.187. The van der Waals surface area contributed by atoms with Crippen LogP contribution < -0.4 is 10.3 Å². The van der Waals surface area contributed by atoms with Crippen molar-refractivity contribution in [3.8, 4) is 5.75 Å². The maximum absolute atomic E-state index is 12.9. The van der Waals surface area contributed by atoms with Crippen molar-refractivity contribution in [2.75, 3.05) is 0 Å². The van der Waals surface area contributed by atoms with Gasteiger partial charge < -0.3 is 4.74 Å². The van der Waals surface area contributed by atoms with E-state index < -0.39 is 4.92 Å². The molecule has 4 rings (SSSR count). The minimum absolute atomic E-state index is 0.0146. The smallest absolute Gasteiger partial charge is 0.282 e. The molecule has 0 fully saturated rings. The highest BCUT2D eigenvalue weighted by molar-refractivity contribution is 9.10. The van der Waals surface area contributed by atoms with Gasteiger partial charge in [-0.1, -0.05) is 39.7 Å². The third-order valence-corrected chi connectivity index (χ3v) is 5.50. The first-order chi connectivity index (χ1) is 15.8. The van der Waals surface area contributed by atoms with E-state index in [1.807, 2.05) is 6.07 Å². The molecule has 1 aromatic heterocycles. The van der Waals surface area contributed by atoms with E-state index in [9.17, 15) is 14.9 Å². The van der Waals surface area contributed by atoms with Crippen molar-refractivity contribution in [1.29, 1.82) is 0 Å². The van der Waals surface area contributed by atoms with Gasteiger partial charge in [-0.2, -0.15) is 9.78 Å². The van der Waals surface area contributed by atoms with Crippen molar-refractivity contribution in [1.82, 2.24) is 9.66 Å². The van der Waals surface area contributed by atoms with Crippen molar-refractivity contribution in [3.05, 3.63) is 108 Å². The summed E-state index contributed by atoms with van der Waals surface area (Å²) >= 11 is 9.52. The Morgan fingerprint density at radius 2 is 2.03 bits per heavy atom. The highest BCUT2D eigenvalue weighted by Gasteiger charge is 2.10. The standard InChI is InChI=1S/C23H16BrClN4O4/c1-14-27-21-7-5-17(24)11-20(21)23(30)28(14)26-12-16-10-18(25)6-8-22(16)33-13-15-3-2-4-19(9-15)29(31)32/h2-12H,13H2,1H3. The van der Waals surface area contributed by atoms with Gasteiger partial charge in [-0.25, -0.2) is 4.98 Å². The molecule has 0 N–H and O–H groups in total. The first-order valence-corrected chi connectivity index (χ1v) is 10.9. The molecule has 4 aromatic rings. The van der Waals surface area contributed by atoms with Crippen LogP contribution in [0.15, 0.2) is 75.0 Å². The number of nitro benzene ring substituents is 1. The molecule has 0 aliphatic rings. The second-order valence-corrected chi connectivity index (χ2v) is 8.43. The number of nitro groups is 1. The predicted molar refractivity (Wildman–Crippen MR) is 130 cm³/mol. The van der Waals surface area contributed by atoms with Crippen LogP contribution in [0.25, 0.3) is 10.9 Å². The zero-order chi connectivity index (χ0) is 23.5. The predicted octanol–water partition coefficient (Wildman–Crippen LogP) is 5.49. The minimum atomic E-state index is -0.458. The van der Waals surface area contributed by atoms with Crippen LogP contribution in [0.3, 0.4) is 0 Å². The van der Waals surface area contributed by atoms with Crippen LogP contribution in [-0.4, -0.2) is 20.8 Å². The SMILES string of the molecule is Cc1nc2ccc(Br)cc2c(=O)n1N=Cc1cc(Cl)ccc1OCc1cccc([N+](=O)[O-])c1. The van der Waals surface area contributed by atoms with E-state index in [0.29, 0.717) is 38.6 Å². The number of fused-ring (bicyclic) bond motifs is 1. The van der Waals surface area contributed by atoms with Gasteiger partial charge >= 0.3 is 0 Å². The van der Waals surface area contributed by atoms with Crippen LogP contribution >= 0.6 is 27.5 Å². The molecule has 33 heavy (non-hydrogen) atoms. The molecule has 0 saturated heterocycles. The maximum Gasteiger partial charge on any atom is 0.282 e. The number of aryl methyl sites for hydroxylation is 1. The minimum Gasteiger partial charge on any atom is -0.488 e. The highest BCUT2D eigenvalue weighted by Crippen LogP contribution is 2.23. The molecule has 0 atom stereocenters. The molecule has 0 saturated carbocycles. The Kier molecular flexibility index (Phi) is 6.52. The molecule has 8 nitrogen and oxygen atoms in total. The van der Waals surface area contributed by atoms with E-state index in [0.717, 1.165) is 4.47 Å². The van der Waals surface area contributed by atoms with Crippen molar-refractivity contribution < 1.29 is 9.66 Å². The fraction of sp³-hybridized carbons (Fsp3) is 0.0870. The van der Waals surface area contributed by atoms with Crippen LogP contribution in [0, 0.1) is 17.0 Å². The number of non-ortho nitro benzene ring substituents is 1. The summed E-state index contributed by atoms with van der Waals surface area (Å²) in [5.74, 6) is 0.879. The second kappa shape index (κ2) is 9.51. The van der Waals surface area contributed by atoms with Gasteiger partial charge in [0, 0.05) is 27.2 Å². The summed E-state index contributed by atoms with van der Waals surface area (Å²) in [5.41, 5.74) is 1.43. The Morgan fingerprint density at radius 3 is 2.82 bits per heavy atom. The average molecular weight is 528 g/mol. The summed E-state index contributed by atoms with van der Waals surface area (Å²) < 4.78 is 7.84. The number of ether oxygens (including phenoxy) is 1. The van der Waals surface area contributed by atoms with Crippen molar-refractivity contribution in [3.63, 3.8) is 0 Å². The van der Waals surface area contributed by atoms with Gasteiger partial charge in [-0.15, -0.1) is 0 Å². The first kappa shape index (κ1) is 22.6. The van der Waals surface area contributed by atoms with Crippen molar-refractivity contribution in [2.45, 2.75) is 13.5 Å². The summed E-state index contributed by atoms with van der Waals surface area (Å²) in [5, 5.41) is 16.2. The number of rotatable bonds is 6. The molecule has 0 unspecified atom stereocenters. The van der Waals surface area contributed by atoms with Gasteiger partial charge in [0.05, 0.1) is 22.0 Å². The second-order valence-electron chi connectivity index (χ2n) is 7.08. The normalized spacial score (nSPS) is 11.2. The molecule has 3 aromatic carbocycles. The van der Waals surface area contributed by atoms with Crippen LogP contribution in [0.1, 0.15) is 17.0 Å². The summed E-state index contributed by atoms with van der Waals surface area (Å²) in [6, 6.07) is 16.5. The molecule has 0 spiro atoms. The third-order valence-electron chi connectivity index (χ3n) is 4.77. The fourth-order valence-corrected chi connectivity index (χ4v) is 3.73. The first-order valence-electron chi connectivity index (χ1n) is 9.71. The summed E-state index contributed by atoms with van der Waals surface area (Å²) in [6.45, 7) is 1.80. The lowest BCUT2D eigenvalue weighted by molar-refractivity contribution is -0.384. The zero-order valence-corrected chi connectivity index (χ0v) is 19.6. The van der Waals surface area contributed by atoms with E-state index in [4.69, 9.17) is 16.3 Å². The number of aromatic nitrogens is 2. The van der Waals surface area contributed by atoms with Gasteiger partial charge in [0.15, 0.2) is 0 Å². The molecule has 0 amide bonds. The van der Waals surface area contributed by atoms with Crippen LogP contribution in [0.5, 0.6) is 5.75 Å². The molecule has 10 heteroatoms. The molecule has 0 radical (unpaired) electrons. The zero-order valence-electron chi connectivity index (χ0n) is 17.2. The van der Waals surface area contributed by atoms with E-state index in [2.05, 4.69) is 26.0 Å². The van der Waals surface area contributed by atoms with E-state index in [1.54, 1.807) is 49.4 Å². The van der Waals surface area contributed by atoms with E-state index >= 15 is 0 Å². The Morgan fingerprint density at radius 1 is 1.21 bits per heavy atom. The van der Waals surface area contributed by atoms with Gasteiger partial charge in [-0.3, -0.25) is 14.9 Å². The summed E-state index contributed by atoms with van der Waals surface area (Å²) in [7, 11) is 0. The summed E-state index contributed by atoms with van der Waals surface area (Å²) in [4.78, 5) is 27.9. The number of hydrogen-bond acceptors (Lipinski definition) is 6. The van der Waals surface area contributed by atoms with Crippen LogP contribution in [-0.2, 0) is 6.61 Å². The van der Waals surface area contributed by atoms with Gasteiger partial charge in [0.2, 0.25) is 0 Å². The van der Waals surface area contributed by atoms with Gasteiger partial charge in [-0.05, 0) is 48.9 Å². The monoisotopic (exact) mass is 526 g/mol. The van der Waals surface area contributed by atoms with E-state index in [1.165, 1.54) is 23.0 Å². The van der Waals surface area contributed by atoms with E-state index in [-0.39, 0.29) is 17.9 Å². The molecule has 1 heterocycles. The third kappa shape index (κ3) is 5.10. The molecular weight excluding hydrogens is 512 g/mol. The van der Waals surface area contributed by atoms with Gasteiger partial charge in [0.25, 0.3) is 11.2 Å². The lowest BCUT2D eigenvalue weighted by Gasteiger charge is -2.10. The molecule has 0 bridgehead atoms. The largest absolute Gasteiger partial charge is 0.488 e. The van der Waals surface area contributed by atoms with Crippen molar-refractivity contribution in [2.24, 2.45) is 5.10 Å². The van der Waals surface area contributed by atoms with Crippen molar-refractivity contribution >= 4 is 50.3 Å². The highest BCUT2D eigenvalue weighted by atomic mass is 79.9. The number of hydrogen-bond donors (Lipinski definition) is 0. The molecule has 0 aliphatic carbocycles. The molecule has 166 valence electrons.